The van der Waals surface area contributed by atoms with Crippen molar-refractivity contribution in [2.24, 2.45) is 0 Å². The second kappa shape index (κ2) is 7.15. The maximum Gasteiger partial charge on any atom is 0.410 e. The summed E-state index contributed by atoms with van der Waals surface area (Å²) in [6.45, 7) is 1.11. The van der Waals surface area contributed by atoms with E-state index in [1.54, 1.807) is 17.9 Å². The average molecular weight is 283 g/mol. The third-order valence-corrected chi connectivity index (χ3v) is 2.88. The molecule has 5 nitrogen and oxygen atoms in total. The van der Waals surface area contributed by atoms with Crippen molar-refractivity contribution in [2.45, 2.75) is 19.7 Å². The van der Waals surface area contributed by atoms with E-state index in [4.69, 9.17) is 11.2 Å². The minimum absolute atomic E-state index is 0.264. The molecule has 0 bridgehead atoms. The van der Waals surface area contributed by atoms with Gasteiger partial charge in [0, 0.05) is 18.8 Å². The highest BCUT2D eigenvalue weighted by molar-refractivity contribution is 5.67. The first-order chi connectivity index (χ1) is 10.2. The first-order valence-electron chi connectivity index (χ1n) is 6.55. The van der Waals surface area contributed by atoms with E-state index in [1.807, 2.05) is 36.5 Å². The molecule has 1 aromatic carbocycles. The van der Waals surface area contributed by atoms with Crippen molar-refractivity contribution in [3.63, 3.8) is 0 Å². The molecule has 5 heteroatoms. The van der Waals surface area contributed by atoms with Gasteiger partial charge in [0.25, 0.3) is 0 Å². The number of hydrogen-bond acceptors (Lipinski definition) is 3. The van der Waals surface area contributed by atoms with Gasteiger partial charge in [0.2, 0.25) is 0 Å². The number of amides is 1. The van der Waals surface area contributed by atoms with Gasteiger partial charge in [-0.1, -0.05) is 36.3 Å². The van der Waals surface area contributed by atoms with Gasteiger partial charge >= 0.3 is 6.09 Å². The Morgan fingerprint density at radius 3 is 2.86 bits per heavy atom. The van der Waals surface area contributed by atoms with Crippen molar-refractivity contribution >= 4 is 6.09 Å². The van der Waals surface area contributed by atoms with Crippen LogP contribution in [0, 0.1) is 12.3 Å². The fraction of sp³-hybridized carbons (Fsp3) is 0.250. The number of rotatable bonds is 5. The number of carbonyl (C=O) groups is 1. The molecule has 0 atom stereocenters. The normalized spacial score (nSPS) is 9.90. The molecule has 0 fully saturated rings. The SMILES string of the molecule is C#CCn1cc(CN(C)C(=O)OCc2ccccc2)cn1. The van der Waals surface area contributed by atoms with Crippen LogP contribution in [0.3, 0.4) is 0 Å². The van der Waals surface area contributed by atoms with Crippen LogP contribution in [-0.2, 0) is 24.4 Å². The molecule has 1 aromatic heterocycles. The number of benzene rings is 1. The lowest BCUT2D eigenvalue weighted by Crippen LogP contribution is -2.26. The van der Waals surface area contributed by atoms with Gasteiger partial charge in [0.15, 0.2) is 0 Å². The molecule has 0 spiro atoms. The molecule has 0 radical (unpaired) electrons. The summed E-state index contributed by atoms with van der Waals surface area (Å²) in [6.07, 6.45) is 8.36. The predicted octanol–water partition coefficient (Wildman–Crippen LogP) is 2.28. The van der Waals surface area contributed by atoms with Crippen molar-refractivity contribution < 1.29 is 9.53 Å². The highest BCUT2D eigenvalue weighted by Crippen LogP contribution is 2.06. The van der Waals surface area contributed by atoms with Gasteiger partial charge in [0.1, 0.15) is 13.2 Å². The highest BCUT2D eigenvalue weighted by atomic mass is 16.6. The molecule has 21 heavy (non-hydrogen) atoms. The van der Waals surface area contributed by atoms with Crippen LogP contribution in [0.25, 0.3) is 0 Å². The van der Waals surface area contributed by atoms with E-state index >= 15 is 0 Å². The standard InChI is InChI=1S/C16H17N3O2/c1-3-9-19-12-15(10-17-19)11-18(2)16(20)21-13-14-7-5-4-6-8-14/h1,4-8,10,12H,9,11,13H2,2H3. The number of hydrogen-bond donors (Lipinski definition) is 0. The van der Waals surface area contributed by atoms with E-state index in [-0.39, 0.29) is 12.7 Å². The van der Waals surface area contributed by atoms with Crippen molar-refractivity contribution in [3.05, 3.63) is 53.9 Å². The van der Waals surface area contributed by atoms with E-state index < -0.39 is 0 Å². The molecule has 0 aliphatic heterocycles. The third kappa shape index (κ3) is 4.39. The van der Waals surface area contributed by atoms with E-state index in [2.05, 4.69) is 11.0 Å². The number of nitrogens with zero attached hydrogens (tertiary/aromatic N) is 3. The fourth-order valence-corrected chi connectivity index (χ4v) is 1.84. The molecule has 0 unspecified atom stereocenters. The van der Waals surface area contributed by atoms with Gasteiger partial charge in [-0.15, -0.1) is 6.42 Å². The Morgan fingerprint density at radius 2 is 2.14 bits per heavy atom. The Bertz CT molecular complexity index is 628. The van der Waals surface area contributed by atoms with Gasteiger partial charge in [-0.05, 0) is 5.56 Å². The lowest BCUT2D eigenvalue weighted by Gasteiger charge is -2.16. The third-order valence-electron chi connectivity index (χ3n) is 2.88. The second-order valence-corrected chi connectivity index (χ2v) is 4.65. The van der Waals surface area contributed by atoms with E-state index in [1.165, 1.54) is 4.90 Å². The zero-order valence-corrected chi connectivity index (χ0v) is 11.9. The number of terminal acetylenes is 1. The van der Waals surface area contributed by atoms with Crippen LogP contribution >= 0.6 is 0 Å². The highest BCUT2D eigenvalue weighted by Gasteiger charge is 2.11. The number of aromatic nitrogens is 2. The number of ether oxygens (including phenoxy) is 1. The van der Waals surface area contributed by atoms with Crippen LogP contribution in [0.15, 0.2) is 42.7 Å². The molecule has 2 aromatic rings. The summed E-state index contributed by atoms with van der Waals surface area (Å²) >= 11 is 0. The van der Waals surface area contributed by atoms with E-state index in [0.717, 1.165) is 11.1 Å². The predicted molar refractivity (Wildman–Crippen MR) is 79.2 cm³/mol. The summed E-state index contributed by atoms with van der Waals surface area (Å²) in [5, 5.41) is 4.11. The molecule has 0 aliphatic rings. The Kier molecular flexibility index (Phi) is 4.99. The molecular weight excluding hydrogens is 266 g/mol. The summed E-state index contributed by atoms with van der Waals surface area (Å²) in [4.78, 5) is 13.4. The van der Waals surface area contributed by atoms with Crippen LogP contribution in [0.4, 0.5) is 4.79 Å². The van der Waals surface area contributed by atoms with Crippen molar-refractivity contribution in [1.29, 1.82) is 0 Å². The van der Waals surface area contributed by atoms with Crippen LogP contribution in [0.5, 0.6) is 0 Å². The molecule has 2 rings (SSSR count). The maximum absolute atomic E-state index is 11.9. The first-order valence-corrected chi connectivity index (χ1v) is 6.55. The molecule has 0 aliphatic carbocycles. The second-order valence-electron chi connectivity index (χ2n) is 4.65. The maximum atomic E-state index is 11.9. The van der Waals surface area contributed by atoms with Crippen LogP contribution in [-0.4, -0.2) is 27.8 Å². The van der Waals surface area contributed by atoms with Crippen molar-refractivity contribution in [3.8, 4) is 12.3 Å². The Balaban J connectivity index is 1.83. The van der Waals surface area contributed by atoms with E-state index in [9.17, 15) is 4.79 Å². The summed E-state index contributed by atoms with van der Waals surface area (Å²) in [7, 11) is 1.69. The smallest absolute Gasteiger partial charge is 0.410 e. The molecule has 0 saturated carbocycles. The largest absolute Gasteiger partial charge is 0.445 e. The van der Waals surface area contributed by atoms with Crippen LogP contribution in [0.1, 0.15) is 11.1 Å². The summed E-state index contributed by atoms with van der Waals surface area (Å²) < 4.78 is 6.90. The topological polar surface area (TPSA) is 47.4 Å². The minimum Gasteiger partial charge on any atom is -0.445 e. The average Bonchev–Trinajstić information content (AvgIpc) is 2.93. The Hall–Kier alpha value is -2.74. The first kappa shape index (κ1) is 14.7. The van der Waals surface area contributed by atoms with Gasteiger partial charge in [-0.25, -0.2) is 4.79 Å². The molecular formula is C16H17N3O2. The number of carbonyl (C=O) groups excluding carboxylic acids is 1. The Labute approximate surface area is 124 Å². The minimum atomic E-state index is -0.372. The van der Waals surface area contributed by atoms with Crippen LogP contribution in [0.2, 0.25) is 0 Å². The Morgan fingerprint density at radius 1 is 1.38 bits per heavy atom. The lowest BCUT2D eigenvalue weighted by atomic mass is 10.2. The van der Waals surface area contributed by atoms with E-state index in [0.29, 0.717) is 13.1 Å². The fourth-order valence-electron chi connectivity index (χ4n) is 1.84. The lowest BCUT2D eigenvalue weighted by molar-refractivity contribution is 0.103. The monoisotopic (exact) mass is 283 g/mol. The molecule has 108 valence electrons. The van der Waals surface area contributed by atoms with Crippen molar-refractivity contribution in [2.75, 3.05) is 7.05 Å². The van der Waals surface area contributed by atoms with Gasteiger partial charge in [0.05, 0.1) is 12.7 Å². The quantitative estimate of drug-likeness (QED) is 0.791. The molecule has 1 amide bonds. The summed E-state index contributed by atoms with van der Waals surface area (Å²) in [5.41, 5.74) is 1.87. The van der Waals surface area contributed by atoms with Gasteiger partial charge in [-0.3, -0.25) is 4.68 Å². The van der Waals surface area contributed by atoms with Gasteiger partial charge in [-0.2, -0.15) is 5.10 Å². The molecule has 1 heterocycles. The molecule has 0 saturated heterocycles. The van der Waals surface area contributed by atoms with Crippen molar-refractivity contribution in [1.82, 2.24) is 14.7 Å². The molecule has 0 N–H and O–H groups in total. The summed E-state index contributed by atoms with van der Waals surface area (Å²) in [5.74, 6) is 2.51. The summed E-state index contributed by atoms with van der Waals surface area (Å²) in [6, 6.07) is 9.57. The van der Waals surface area contributed by atoms with Crippen LogP contribution < -0.4 is 0 Å². The zero-order valence-electron chi connectivity index (χ0n) is 11.9. The zero-order chi connectivity index (χ0) is 15.1. The van der Waals surface area contributed by atoms with Gasteiger partial charge < -0.3 is 9.64 Å².